The molecular formula is C19H16Cl2N2O4S. The molecule has 2 aliphatic rings. The second kappa shape index (κ2) is 7.15. The molecule has 1 fully saturated rings. The summed E-state index contributed by atoms with van der Waals surface area (Å²) in [4.78, 5) is 26.3. The van der Waals surface area contributed by atoms with Crippen LogP contribution in [-0.2, 0) is 21.4 Å². The van der Waals surface area contributed by atoms with Crippen LogP contribution >= 0.6 is 23.2 Å². The van der Waals surface area contributed by atoms with E-state index in [9.17, 15) is 18.0 Å². The Labute approximate surface area is 172 Å². The number of carbonyl (C=O) groups excluding carboxylic acids is 2. The van der Waals surface area contributed by atoms with Gasteiger partial charge in [0.05, 0.1) is 32.7 Å². The average Bonchev–Trinajstić information content (AvgIpc) is 3.29. The van der Waals surface area contributed by atoms with E-state index in [1.807, 2.05) is 0 Å². The van der Waals surface area contributed by atoms with Crippen molar-refractivity contribution in [1.82, 2.24) is 4.31 Å². The summed E-state index contributed by atoms with van der Waals surface area (Å²) in [5, 5.41) is 0.746. The summed E-state index contributed by atoms with van der Waals surface area (Å²) in [7, 11) is -3.67. The first-order chi connectivity index (χ1) is 13.3. The summed E-state index contributed by atoms with van der Waals surface area (Å²) >= 11 is 11.9. The van der Waals surface area contributed by atoms with Crippen molar-refractivity contribution in [3.63, 3.8) is 0 Å². The first-order valence-corrected chi connectivity index (χ1v) is 10.9. The lowest BCUT2D eigenvalue weighted by Crippen LogP contribution is -2.29. The van der Waals surface area contributed by atoms with E-state index in [4.69, 9.17) is 23.2 Å². The highest BCUT2D eigenvalue weighted by atomic mass is 35.5. The van der Waals surface area contributed by atoms with Gasteiger partial charge in [-0.25, -0.2) is 8.42 Å². The SMILES string of the molecule is O=C1C(=O)N(Cc2ccc(Cl)c(Cl)c2)c2ccc(S(=O)(=O)N3CCCC3)cc21. The topological polar surface area (TPSA) is 74.8 Å². The number of rotatable bonds is 4. The Hall–Kier alpha value is -1.93. The molecule has 2 aromatic rings. The maximum atomic E-state index is 12.8. The number of halogens is 2. The maximum Gasteiger partial charge on any atom is 0.299 e. The molecular weight excluding hydrogens is 423 g/mol. The van der Waals surface area contributed by atoms with Crippen molar-refractivity contribution in [2.75, 3.05) is 18.0 Å². The van der Waals surface area contributed by atoms with Crippen molar-refractivity contribution in [2.45, 2.75) is 24.3 Å². The Morgan fingerprint density at radius 3 is 2.32 bits per heavy atom. The van der Waals surface area contributed by atoms with Crippen molar-refractivity contribution < 1.29 is 18.0 Å². The number of carbonyl (C=O) groups is 2. The highest BCUT2D eigenvalue weighted by Crippen LogP contribution is 2.34. The van der Waals surface area contributed by atoms with E-state index in [1.54, 1.807) is 18.2 Å². The Morgan fingerprint density at radius 2 is 1.64 bits per heavy atom. The summed E-state index contributed by atoms with van der Waals surface area (Å²) < 4.78 is 26.9. The predicted octanol–water partition coefficient (Wildman–Crippen LogP) is 3.51. The zero-order chi connectivity index (χ0) is 20.1. The molecule has 1 amide bonds. The van der Waals surface area contributed by atoms with E-state index in [1.165, 1.54) is 27.4 Å². The minimum Gasteiger partial charge on any atom is -0.300 e. The minimum atomic E-state index is -3.67. The van der Waals surface area contributed by atoms with Crippen LogP contribution in [0.5, 0.6) is 0 Å². The number of amides is 1. The average molecular weight is 439 g/mol. The van der Waals surface area contributed by atoms with Crippen LogP contribution in [0, 0.1) is 0 Å². The number of hydrogen-bond donors (Lipinski definition) is 0. The van der Waals surface area contributed by atoms with Crippen LogP contribution in [0.25, 0.3) is 0 Å². The number of Topliss-reactive ketones (excluding diaryl/α,β-unsaturated/α-hetero) is 1. The Balaban J connectivity index is 1.68. The molecule has 0 aliphatic carbocycles. The molecule has 1 saturated heterocycles. The molecule has 6 nitrogen and oxygen atoms in total. The van der Waals surface area contributed by atoms with Gasteiger partial charge in [-0.2, -0.15) is 4.31 Å². The molecule has 0 radical (unpaired) electrons. The zero-order valence-corrected chi connectivity index (χ0v) is 17.0. The number of fused-ring (bicyclic) bond motifs is 1. The molecule has 0 saturated carbocycles. The van der Waals surface area contributed by atoms with Crippen LogP contribution in [0.2, 0.25) is 10.0 Å². The van der Waals surface area contributed by atoms with Crippen molar-refractivity contribution in [1.29, 1.82) is 0 Å². The third kappa shape index (κ3) is 3.22. The molecule has 146 valence electrons. The standard InChI is InChI=1S/C19H16Cl2N2O4S/c20-15-5-3-12(9-16(15)21)11-23-17-6-4-13(10-14(17)18(24)19(23)25)28(26,27)22-7-1-2-8-22/h3-6,9-10H,1-2,7-8,11H2. The van der Waals surface area contributed by atoms with Gasteiger partial charge in [0.15, 0.2) is 0 Å². The van der Waals surface area contributed by atoms with E-state index in [-0.39, 0.29) is 17.0 Å². The van der Waals surface area contributed by atoms with Crippen LogP contribution in [0.4, 0.5) is 5.69 Å². The Morgan fingerprint density at radius 1 is 0.929 bits per heavy atom. The molecule has 28 heavy (non-hydrogen) atoms. The Bertz CT molecular complexity index is 1100. The number of sulfonamides is 1. The van der Waals surface area contributed by atoms with Gasteiger partial charge in [0.1, 0.15) is 0 Å². The quantitative estimate of drug-likeness (QED) is 0.684. The molecule has 2 heterocycles. The first kappa shape index (κ1) is 19.4. The lowest BCUT2D eigenvalue weighted by atomic mass is 10.1. The molecule has 2 aliphatic heterocycles. The minimum absolute atomic E-state index is 0.0330. The first-order valence-electron chi connectivity index (χ1n) is 8.73. The van der Waals surface area contributed by atoms with Gasteiger partial charge in [0, 0.05) is 13.1 Å². The van der Waals surface area contributed by atoms with Crippen molar-refractivity contribution in [2.24, 2.45) is 0 Å². The maximum absolute atomic E-state index is 12.8. The third-order valence-electron chi connectivity index (χ3n) is 4.97. The molecule has 0 aromatic heterocycles. The molecule has 0 unspecified atom stereocenters. The van der Waals surface area contributed by atoms with Crippen LogP contribution in [0.15, 0.2) is 41.3 Å². The fourth-order valence-electron chi connectivity index (χ4n) is 3.50. The fraction of sp³-hybridized carbons (Fsp3) is 0.263. The van der Waals surface area contributed by atoms with Crippen LogP contribution in [0.1, 0.15) is 28.8 Å². The van der Waals surface area contributed by atoms with E-state index < -0.39 is 21.7 Å². The second-order valence-corrected chi connectivity index (χ2v) is 9.51. The molecule has 0 N–H and O–H groups in total. The van der Waals surface area contributed by atoms with Gasteiger partial charge in [-0.05, 0) is 48.7 Å². The van der Waals surface area contributed by atoms with E-state index >= 15 is 0 Å². The van der Waals surface area contributed by atoms with Gasteiger partial charge < -0.3 is 4.90 Å². The monoisotopic (exact) mass is 438 g/mol. The summed E-state index contributed by atoms with van der Waals surface area (Å²) in [5.41, 5.74) is 1.20. The van der Waals surface area contributed by atoms with E-state index in [2.05, 4.69) is 0 Å². The highest BCUT2D eigenvalue weighted by molar-refractivity contribution is 7.89. The Kier molecular flexibility index (Phi) is 4.95. The number of hydrogen-bond acceptors (Lipinski definition) is 4. The molecule has 9 heteroatoms. The lowest BCUT2D eigenvalue weighted by molar-refractivity contribution is -0.114. The number of ketones is 1. The smallest absolute Gasteiger partial charge is 0.299 e. The van der Waals surface area contributed by atoms with Gasteiger partial charge in [0.2, 0.25) is 10.0 Å². The van der Waals surface area contributed by atoms with Gasteiger partial charge in [0.25, 0.3) is 11.7 Å². The fourth-order valence-corrected chi connectivity index (χ4v) is 5.36. The summed E-state index contributed by atoms with van der Waals surface area (Å²) in [6, 6.07) is 9.23. The summed E-state index contributed by atoms with van der Waals surface area (Å²) in [6.07, 6.45) is 1.64. The second-order valence-electron chi connectivity index (χ2n) is 6.76. The third-order valence-corrected chi connectivity index (χ3v) is 7.60. The van der Waals surface area contributed by atoms with Crippen molar-refractivity contribution >= 4 is 50.6 Å². The van der Waals surface area contributed by atoms with Gasteiger partial charge in [-0.15, -0.1) is 0 Å². The van der Waals surface area contributed by atoms with Crippen LogP contribution in [0.3, 0.4) is 0 Å². The van der Waals surface area contributed by atoms with Gasteiger partial charge >= 0.3 is 0 Å². The largest absolute Gasteiger partial charge is 0.300 e. The molecule has 2 aromatic carbocycles. The van der Waals surface area contributed by atoms with Crippen molar-refractivity contribution in [3.05, 3.63) is 57.6 Å². The molecule has 0 bridgehead atoms. The predicted molar refractivity (Wildman–Crippen MR) is 106 cm³/mol. The van der Waals surface area contributed by atoms with Gasteiger partial charge in [-0.3, -0.25) is 9.59 Å². The molecule has 0 spiro atoms. The van der Waals surface area contributed by atoms with E-state index in [0.29, 0.717) is 34.4 Å². The van der Waals surface area contributed by atoms with Crippen LogP contribution in [-0.4, -0.2) is 37.5 Å². The lowest BCUT2D eigenvalue weighted by Gasteiger charge is -2.18. The van der Waals surface area contributed by atoms with Crippen molar-refractivity contribution in [3.8, 4) is 0 Å². The normalized spacial score (nSPS) is 17.4. The summed E-state index contributed by atoms with van der Waals surface area (Å²) in [6.45, 7) is 1.07. The van der Waals surface area contributed by atoms with E-state index in [0.717, 1.165) is 12.8 Å². The number of anilines is 1. The molecule has 0 atom stereocenters. The summed E-state index contributed by atoms with van der Waals surface area (Å²) in [5.74, 6) is -1.41. The number of nitrogens with zero attached hydrogens (tertiary/aromatic N) is 2. The molecule has 4 rings (SSSR count). The van der Waals surface area contributed by atoms with Gasteiger partial charge in [-0.1, -0.05) is 29.3 Å². The number of benzene rings is 2. The highest BCUT2D eigenvalue weighted by Gasteiger charge is 2.37. The van der Waals surface area contributed by atoms with Crippen LogP contribution < -0.4 is 4.90 Å². The zero-order valence-electron chi connectivity index (χ0n) is 14.7.